The van der Waals surface area contributed by atoms with E-state index in [0.29, 0.717) is 22.8 Å². The van der Waals surface area contributed by atoms with E-state index in [0.717, 1.165) is 0 Å². The molecule has 0 fully saturated rings. The summed E-state index contributed by atoms with van der Waals surface area (Å²) in [7, 11) is 0. The van der Waals surface area contributed by atoms with Crippen molar-refractivity contribution >= 4 is 5.69 Å². The van der Waals surface area contributed by atoms with E-state index in [2.05, 4.69) is 9.97 Å². The summed E-state index contributed by atoms with van der Waals surface area (Å²) in [4.78, 5) is 8.26. The quantitative estimate of drug-likeness (QED) is 0.751. The summed E-state index contributed by atoms with van der Waals surface area (Å²) in [6.45, 7) is 0. The zero-order chi connectivity index (χ0) is 10.7. The number of nitrogen functional groups attached to an aromatic ring is 1. The Morgan fingerprint density at radius 1 is 1.20 bits per heavy atom. The fourth-order valence-electron chi connectivity index (χ4n) is 1.23. The van der Waals surface area contributed by atoms with Gasteiger partial charge in [-0.05, 0) is 24.3 Å². The van der Waals surface area contributed by atoms with Gasteiger partial charge in [-0.15, -0.1) is 0 Å². The van der Waals surface area contributed by atoms with Gasteiger partial charge in [0, 0.05) is 11.9 Å². The van der Waals surface area contributed by atoms with Crippen LogP contribution < -0.4 is 5.73 Å². The van der Waals surface area contributed by atoms with Crippen LogP contribution >= 0.6 is 0 Å². The minimum atomic E-state index is 0.372. The van der Waals surface area contributed by atoms with Crippen LogP contribution in [0.25, 0.3) is 11.4 Å². The van der Waals surface area contributed by atoms with Crippen LogP contribution in [-0.4, -0.2) is 9.97 Å². The summed E-state index contributed by atoms with van der Waals surface area (Å²) in [6, 6.07) is 10.6. The molecule has 2 heterocycles. The molecule has 0 spiro atoms. The third-order valence-electron chi connectivity index (χ3n) is 1.91. The topological polar surface area (TPSA) is 75.6 Å². The van der Waals surface area contributed by atoms with Gasteiger partial charge in [0.2, 0.25) is 0 Å². The van der Waals surface area contributed by atoms with Crippen LogP contribution in [0.5, 0.6) is 0 Å². The monoisotopic (exact) mass is 196 g/mol. The lowest BCUT2D eigenvalue weighted by atomic mass is 10.2. The number of pyridine rings is 2. The summed E-state index contributed by atoms with van der Waals surface area (Å²) in [6.07, 6.45) is 1.62. The number of nitriles is 1. The first-order valence-corrected chi connectivity index (χ1v) is 4.38. The number of aromatic nitrogens is 2. The van der Waals surface area contributed by atoms with Crippen LogP contribution in [0.2, 0.25) is 0 Å². The second kappa shape index (κ2) is 3.76. The van der Waals surface area contributed by atoms with Gasteiger partial charge in [0.05, 0.1) is 11.4 Å². The van der Waals surface area contributed by atoms with E-state index < -0.39 is 0 Å². The first-order valence-electron chi connectivity index (χ1n) is 4.38. The van der Waals surface area contributed by atoms with Crippen molar-refractivity contribution in [3.63, 3.8) is 0 Å². The van der Waals surface area contributed by atoms with Crippen LogP contribution in [-0.2, 0) is 0 Å². The molecule has 72 valence electrons. The molecule has 0 unspecified atom stereocenters. The molecule has 4 heteroatoms. The lowest BCUT2D eigenvalue weighted by molar-refractivity contribution is 1.22. The Bertz CT molecular complexity index is 528. The van der Waals surface area contributed by atoms with Crippen molar-refractivity contribution in [3.8, 4) is 17.5 Å². The number of hydrogen-bond donors (Lipinski definition) is 1. The summed E-state index contributed by atoms with van der Waals surface area (Å²) in [5, 5.41) is 8.71. The Balaban J connectivity index is 2.50. The predicted octanol–water partition coefficient (Wildman–Crippen LogP) is 1.60. The average molecular weight is 196 g/mol. The van der Waals surface area contributed by atoms with Crippen molar-refractivity contribution in [2.45, 2.75) is 0 Å². The summed E-state index contributed by atoms with van der Waals surface area (Å²) < 4.78 is 0. The van der Waals surface area contributed by atoms with Gasteiger partial charge in [-0.1, -0.05) is 6.07 Å². The molecule has 0 aliphatic carbocycles. The maximum atomic E-state index is 8.71. The number of hydrogen-bond acceptors (Lipinski definition) is 4. The fraction of sp³-hybridized carbons (Fsp3) is 0. The zero-order valence-corrected chi connectivity index (χ0v) is 7.88. The van der Waals surface area contributed by atoms with Crippen LogP contribution in [0.3, 0.4) is 0 Å². The molecule has 4 nitrogen and oxygen atoms in total. The van der Waals surface area contributed by atoms with Gasteiger partial charge in [0.1, 0.15) is 11.8 Å². The van der Waals surface area contributed by atoms with Crippen LogP contribution in [0.1, 0.15) is 5.69 Å². The van der Waals surface area contributed by atoms with Gasteiger partial charge in [0.15, 0.2) is 0 Å². The lowest BCUT2D eigenvalue weighted by Gasteiger charge is -2.00. The minimum Gasteiger partial charge on any atom is -0.399 e. The highest BCUT2D eigenvalue weighted by Crippen LogP contribution is 2.16. The van der Waals surface area contributed by atoms with E-state index in [1.807, 2.05) is 6.07 Å². The average Bonchev–Trinajstić information content (AvgIpc) is 2.29. The maximum Gasteiger partial charge on any atom is 0.141 e. The SMILES string of the molecule is N#Cc1cccc(-c2cc(N)ccn2)n1. The Morgan fingerprint density at radius 2 is 2.07 bits per heavy atom. The first kappa shape index (κ1) is 9.16. The Labute approximate surface area is 87.0 Å². The molecule has 0 bridgehead atoms. The van der Waals surface area contributed by atoms with Gasteiger partial charge in [-0.2, -0.15) is 5.26 Å². The molecule has 0 saturated carbocycles. The normalized spacial score (nSPS) is 9.53. The van der Waals surface area contributed by atoms with E-state index in [-0.39, 0.29) is 0 Å². The summed E-state index contributed by atoms with van der Waals surface area (Å²) in [5.74, 6) is 0. The van der Waals surface area contributed by atoms with Gasteiger partial charge in [-0.3, -0.25) is 4.98 Å². The Hall–Kier alpha value is -2.41. The molecule has 2 rings (SSSR count). The molecule has 0 radical (unpaired) electrons. The standard InChI is InChI=1S/C11H8N4/c12-7-9-2-1-3-10(15-9)11-6-8(13)4-5-14-11/h1-6H,(H2,13,14). The van der Waals surface area contributed by atoms with Crippen molar-refractivity contribution in [3.05, 3.63) is 42.2 Å². The number of nitrogens with zero attached hydrogens (tertiary/aromatic N) is 3. The zero-order valence-electron chi connectivity index (χ0n) is 7.88. The first-order chi connectivity index (χ1) is 7.29. The van der Waals surface area contributed by atoms with E-state index >= 15 is 0 Å². The molecule has 15 heavy (non-hydrogen) atoms. The number of rotatable bonds is 1. The largest absolute Gasteiger partial charge is 0.399 e. The molecular formula is C11H8N4. The predicted molar refractivity (Wildman–Crippen MR) is 56.6 cm³/mol. The van der Waals surface area contributed by atoms with Crippen molar-refractivity contribution < 1.29 is 0 Å². The molecule has 2 N–H and O–H groups in total. The van der Waals surface area contributed by atoms with Crippen LogP contribution in [0, 0.1) is 11.3 Å². The smallest absolute Gasteiger partial charge is 0.141 e. The fourth-order valence-corrected chi connectivity index (χ4v) is 1.23. The molecule has 2 aromatic heterocycles. The third kappa shape index (κ3) is 1.92. The summed E-state index contributed by atoms with van der Waals surface area (Å²) in [5.41, 5.74) is 7.96. The summed E-state index contributed by atoms with van der Waals surface area (Å²) >= 11 is 0. The highest BCUT2D eigenvalue weighted by molar-refractivity contribution is 5.59. The highest BCUT2D eigenvalue weighted by atomic mass is 14.8. The number of anilines is 1. The van der Waals surface area contributed by atoms with E-state index in [4.69, 9.17) is 11.0 Å². The molecule has 0 atom stereocenters. The molecule has 0 amide bonds. The van der Waals surface area contributed by atoms with Crippen LogP contribution in [0.4, 0.5) is 5.69 Å². The molecule has 0 aliphatic rings. The second-order valence-electron chi connectivity index (χ2n) is 2.99. The third-order valence-corrected chi connectivity index (χ3v) is 1.91. The second-order valence-corrected chi connectivity index (χ2v) is 2.99. The maximum absolute atomic E-state index is 8.71. The highest BCUT2D eigenvalue weighted by Gasteiger charge is 2.01. The molecular weight excluding hydrogens is 188 g/mol. The molecule has 0 aliphatic heterocycles. The number of nitrogens with two attached hydrogens (primary N) is 1. The minimum absolute atomic E-state index is 0.372. The van der Waals surface area contributed by atoms with Gasteiger partial charge < -0.3 is 5.73 Å². The van der Waals surface area contributed by atoms with E-state index in [9.17, 15) is 0 Å². The lowest BCUT2D eigenvalue weighted by Crippen LogP contribution is -1.92. The van der Waals surface area contributed by atoms with Gasteiger partial charge in [-0.25, -0.2) is 4.98 Å². The van der Waals surface area contributed by atoms with Crippen LogP contribution in [0.15, 0.2) is 36.5 Å². The van der Waals surface area contributed by atoms with Crippen molar-refractivity contribution in [2.24, 2.45) is 0 Å². The Kier molecular flexibility index (Phi) is 2.30. The molecule has 0 saturated heterocycles. The van der Waals surface area contributed by atoms with Crippen molar-refractivity contribution in [2.75, 3.05) is 5.73 Å². The van der Waals surface area contributed by atoms with Gasteiger partial charge >= 0.3 is 0 Å². The molecule has 0 aromatic carbocycles. The molecule has 2 aromatic rings. The van der Waals surface area contributed by atoms with Gasteiger partial charge in [0.25, 0.3) is 0 Å². The van der Waals surface area contributed by atoms with Crippen molar-refractivity contribution in [1.82, 2.24) is 9.97 Å². The Morgan fingerprint density at radius 3 is 2.80 bits per heavy atom. The van der Waals surface area contributed by atoms with E-state index in [1.165, 1.54) is 0 Å². The van der Waals surface area contributed by atoms with Crippen molar-refractivity contribution in [1.29, 1.82) is 5.26 Å². The van der Waals surface area contributed by atoms with E-state index in [1.54, 1.807) is 36.5 Å².